The Labute approximate surface area is 447 Å². The van der Waals surface area contributed by atoms with Gasteiger partial charge in [0.1, 0.15) is 0 Å². The molecular weight excluding hydrogens is 1080 g/mol. The van der Waals surface area contributed by atoms with E-state index < -0.39 is 0 Å². The van der Waals surface area contributed by atoms with Crippen LogP contribution in [-0.4, -0.2) is 15.0 Å². The minimum atomic E-state index is 0. The van der Waals surface area contributed by atoms with Gasteiger partial charge in [0.05, 0.1) is 0 Å². The van der Waals surface area contributed by atoms with Crippen LogP contribution in [0.25, 0.3) is 123 Å². The van der Waals surface area contributed by atoms with Gasteiger partial charge in [-0.05, 0) is 99.2 Å². The van der Waals surface area contributed by atoms with E-state index in [-0.39, 0.29) is 20.1 Å². The number of nitrogens with zero attached hydrogens (tertiary/aromatic N) is 3. The Bertz CT molecular complexity index is 3710. The molecule has 0 N–H and O–H groups in total. The Morgan fingerprint density at radius 3 is 1.19 bits per heavy atom. The first-order valence-corrected chi connectivity index (χ1v) is 24.5. The van der Waals surface area contributed by atoms with Gasteiger partial charge in [0, 0.05) is 24.3 Å². The summed E-state index contributed by atoms with van der Waals surface area (Å²) < 4.78 is 0. The quantitative estimate of drug-likeness (QED) is 0.121. The van der Waals surface area contributed by atoms with Crippen LogP contribution in [0.5, 0.6) is 0 Å². The summed E-state index contributed by atoms with van der Waals surface area (Å²) in [5.41, 5.74) is 24.4. The van der Waals surface area contributed by atoms with E-state index in [2.05, 4.69) is 241 Å². The van der Waals surface area contributed by atoms with Crippen LogP contribution in [0.2, 0.25) is 0 Å². The van der Waals surface area contributed by atoms with E-state index in [4.69, 9.17) is 4.98 Å². The van der Waals surface area contributed by atoms with Crippen molar-refractivity contribution in [2.45, 2.75) is 6.92 Å². The summed E-state index contributed by atoms with van der Waals surface area (Å²) in [6.07, 6.45) is 5.57. The van der Waals surface area contributed by atoms with Crippen LogP contribution in [0, 0.1) is 25.1 Å². The van der Waals surface area contributed by atoms with Crippen molar-refractivity contribution in [1.29, 1.82) is 0 Å². The topological polar surface area (TPSA) is 38.7 Å². The molecule has 0 spiro atoms. The van der Waals surface area contributed by atoms with Gasteiger partial charge in [-0.1, -0.05) is 202 Å². The fourth-order valence-corrected chi connectivity index (χ4v) is 9.77. The molecule has 0 aliphatic carbocycles. The van der Waals surface area contributed by atoms with Crippen LogP contribution < -0.4 is 0 Å². The van der Waals surface area contributed by atoms with E-state index in [1.54, 1.807) is 0 Å². The van der Waals surface area contributed by atoms with E-state index in [0.717, 1.165) is 117 Å². The van der Waals surface area contributed by atoms with Gasteiger partial charge in [0.2, 0.25) is 0 Å². The molecule has 0 aliphatic rings. The molecule has 3 nitrogen and oxygen atoms in total. The predicted molar refractivity (Wildman–Crippen MR) is 301 cm³/mol. The molecule has 0 saturated heterocycles. The summed E-state index contributed by atoms with van der Waals surface area (Å²) in [5, 5.41) is 0. The summed E-state index contributed by atoms with van der Waals surface area (Å²) in [4.78, 5) is 14.0. The molecule has 0 atom stereocenters. The van der Waals surface area contributed by atoms with E-state index in [1.807, 2.05) is 55.0 Å². The van der Waals surface area contributed by atoms with Crippen LogP contribution in [0.15, 0.2) is 261 Å². The average molecular weight is 1120 g/mol. The Kier molecular flexibility index (Phi) is 13.7. The minimum absolute atomic E-state index is 0. The smallest absolute Gasteiger partial charge is 0.305 e. The van der Waals surface area contributed by atoms with E-state index >= 15 is 0 Å². The molecule has 0 saturated carbocycles. The average Bonchev–Trinajstić information content (AvgIpc) is 3.48. The van der Waals surface area contributed by atoms with Crippen molar-refractivity contribution in [2.75, 3.05) is 0 Å². The molecule has 74 heavy (non-hydrogen) atoms. The maximum absolute atomic E-state index is 4.85. The van der Waals surface area contributed by atoms with Crippen molar-refractivity contribution >= 4 is 0 Å². The van der Waals surface area contributed by atoms with Gasteiger partial charge in [-0.2, -0.15) is 0 Å². The zero-order valence-electron chi connectivity index (χ0n) is 40.5. The number of hydrogen-bond donors (Lipinski definition) is 0. The molecule has 3 aromatic heterocycles. The fraction of sp³-hybridized carbons (Fsp3) is 0.0143. The molecule has 0 unspecified atom stereocenters. The number of aryl methyl sites for hydroxylation is 1. The standard InChI is InChI=1S/C70H46N3.Ir/c1-48-25-40-70(73-47-48)56-38-39-66(67(46-56)53-28-26-50(27-29-53)49-15-3-2-4-16-49)65-22-10-9-21-64(65)59-44-57(62-19-7-5-17-60(62)51-30-34-54(35-31-51)68-23-11-13-41-71-68)43-58(45-59)63-20-8-6-18-61(63)52-32-36-55(37-33-52)69-24-12-14-42-72-69;/h2-34,36,38,40-47H,1H3;/q-3;+3. The van der Waals surface area contributed by atoms with Gasteiger partial charge in [-0.15, -0.1) is 89.0 Å². The Balaban J connectivity index is 0.00000588. The molecule has 0 aliphatic heterocycles. The summed E-state index contributed by atoms with van der Waals surface area (Å²) in [7, 11) is 0. The first kappa shape index (κ1) is 47.4. The second-order valence-corrected chi connectivity index (χ2v) is 18.2. The summed E-state index contributed by atoms with van der Waals surface area (Å²) in [5.74, 6) is 0. The van der Waals surface area contributed by atoms with E-state index in [9.17, 15) is 0 Å². The molecule has 12 rings (SSSR count). The monoisotopic (exact) mass is 1120 g/mol. The second kappa shape index (κ2) is 21.4. The molecule has 0 fully saturated rings. The van der Waals surface area contributed by atoms with Crippen molar-refractivity contribution in [3.05, 3.63) is 285 Å². The molecule has 0 radical (unpaired) electrons. The first-order valence-electron chi connectivity index (χ1n) is 24.5. The zero-order valence-corrected chi connectivity index (χ0v) is 42.9. The van der Waals surface area contributed by atoms with Gasteiger partial charge in [-0.3, -0.25) is 4.98 Å². The van der Waals surface area contributed by atoms with Crippen molar-refractivity contribution in [2.24, 2.45) is 0 Å². The number of pyridine rings is 3. The maximum Gasteiger partial charge on any atom is 3.00 e. The van der Waals surface area contributed by atoms with Crippen molar-refractivity contribution in [1.82, 2.24) is 15.0 Å². The fourth-order valence-electron chi connectivity index (χ4n) is 9.77. The Hall–Kier alpha value is -8.92. The number of aromatic nitrogens is 3. The SMILES string of the molecule is Cc1ccc(-c2c[c-]c(-c3ccccc3-c3cc(-c4ccccc4-c4c[c-]c(-c5ccccn5)cc4)cc(-c4ccccc4-c4c[c-]c(-c5ccccn5)cc4)c3)c(-c3ccc(-c4ccccc4)cc3)c2)nc1.[Ir+3]. The number of rotatable bonds is 11. The molecule has 0 bridgehead atoms. The van der Waals surface area contributed by atoms with Crippen molar-refractivity contribution in [3.8, 4) is 123 Å². The van der Waals surface area contributed by atoms with Crippen molar-refractivity contribution in [3.63, 3.8) is 0 Å². The summed E-state index contributed by atoms with van der Waals surface area (Å²) in [6, 6.07) is 96.8. The summed E-state index contributed by atoms with van der Waals surface area (Å²) >= 11 is 0. The van der Waals surface area contributed by atoms with Crippen LogP contribution in [0.1, 0.15) is 5.56 Å². The van der Waals surface area contributed by atoms with E-state index in [0.29, 0.717) is 0 Å². The number of benzene rings is 9. The zero-order chi connectivity index (χ0) is 48.9. The number of hydrogen-bond acceptors (Lipinski definition) is 3. The molecule has 0 amide bonds. The molecule has 3 heterocycles. The Morgan fingerprint density at radius 1 is 0.284 bits per heavy atom. The van der Waals surface area contributed by atoms with Crippen LogP contribution in [-0.2, 0) is 20.1 Å². The normalized spacial score (nSPS) is 10.9. The predicted octanol–water partition coefficient (Wildman–Crippen LogP) is 17.9. The largest absolute Gasteiger partial charge is 3.00 e. The molecule has 9 aromatic carbocycles. The second-order valence-electron chi connectivity index (χ2n) is 18.2. The third-order valence-corrected chi connectivity index (χ3v) is 13.5. The van der Waals surface area contributed by atoms with Gasteiger partial charge in [-0.25, -0.2) is 0 Å². The maximum atomic E-state index is 4.85. The van der Waals surface area contributed by atoms with Gasteiger partial charge in [0.25, 0.3) is 0 Å². The third kappa shape index (κ3) is 9.85. The first-order chi connectivity index (χ1) is 36.1. The van der Waals surface area contributed by atoms with Gasteiger partial charge >= 0.3 is 20.1 Å². The third-order valence-electron chi connectivity index (χ3n) is 13.5. The van der Waals surface area contributed by atoms with Crippen LogP contribution >= 0.6 is 0 Å². The van der Waals surface area contributed by atoms with Gasteiger partial charge < -0.3 is 9.97 Å². The van der Waals surface area contributed by atoms with E-state index in [1.165, 1.54) is 11.1 Å². The molecular formula is C70H46IrN3. The van der Waals surface area contributed by atoms with Crippen molar-refractivity contribution < 1.29 is 20.1 Å². The van der Waals surface area contributed by atoms with Gasteiger partial charge in [0.15, 0.2) is 0 Å². The molecule has 4 heteroatoms. The summed E-state index contributed by atoms with van der Waals surface area (Å²) in [6.45, 7) is 2.07. The molecule has 350 valence electrons. The molecule has 12 aromatic rings. The Morgan fingerprint density at radius 2 is 0.716 bits per heavy atom. The van der Waals surface area contributed by atoms with Crippen LogP contribution in [0.3, 0.4) is 0 Å². The van der Waals surface area contributed by atoms with Crippen LogP contribution in [0.4, 0.5) is 0 Å². The minimum Gasteiger partial charge on any atom is -0.305 e.